The Morgan fingerprint density at radius 1 is 0.786 bits per heavy atom. The third kappa shape index (κ3) is 5.65. The van der Waals surface area contributed by atoms with Crippen LogP contribution < -0.4 is 5.32 Å². The lowest BCUT2D eigenvalue weighted by Gasteiger charge is -2.21. The smallest absolute Gasteiger partial charge is 0.320 e. The Labute approximate surface area is 162 Å². The minimum Gasteiger partial charge on any atom is -0.481 e. The Morgan fingerprint density at radius 2 is 1.21 bits per heavy atom. The van der Waals surface area contributed by atoms with Crippen molar-refractivity contribution in [3.05, 3.63) is 71.8 Å². The molecular formula is C21H23NO6. The average molecular weight is 385 g/mol. The van der Waals surface area contributed by atoms with E-state index in [4.69, 9.17) is 5.11 Å². The van der Waals surface area contributed by atoms with Gasteiger partial charge in [0, 0.05) is 0 Å². The standard InChI is InChI=1S/C16H14O4.C5H9NO2/c17-15(18)13(11-7-3-1-4-8-11)14(16(19)20)12-9-5-2-6-10-12;7-5(8)4-2-1-3-6-4/h1-10,13-14H,(H,17,18)(H,19,20);4,6H,1-3H2,(H,7,8)/t13-,14-;4-/m10/s1. The summed E-state index contributed by atoms with van der Waals surface area (Å²) >= 11 is 0. The zero-order chi connectivity index (χ0) is 20.5. The molecule has 0 bridgehead atoms. The summed E-state index contributed by atoms with van der Waals surface area (Å²) in [5.74, 6) is -5.24. The van der Waals surface area contributed by atoms with E-state index in [1.54, 1.807) is 60.7 Å². The highest BCUT2D eigenvalue weighted by Crippen LogP contribution is 2.33. The third-order valence-electron chi connectivity index (χ3n) is 4.54. The molecule has 0 spiro atoms. The van der Waals surface area contributed by atoms with Crippen molar-refractivity contribution in [1.82, 2.24) is 5.32 Å². The summed E-state index contributed by atoms with van der Waals surface area (Å²) < 4.78 is 0. The highest BCUT2D eigenvalue weighted by Gasteiger charge is 2.36. The summed E-state index contributed by atoms with van der Waals surface area (Å²) in [5.41, 5.74) is 0.965. The van der Waals surface area contributed by atoms with Gasteiger partial charge in [-0.25, -0.2) is 0 Å². The number of carbonyl (C=O) groups is 3. The molecule has 7 nitrogen and oxygen atoms in total. The molecule has 28 heavy (non-hydrogen) atoms. The monoisotopic (exact) mass is 385 g/mol. The summed E-state index contributed by atoms with van der Waals surface area (Å²) in [6, 6.07) is 16.6. The van der Waals surface area contributed by atoms with Gasteiger partial charge in [0.15, 0.2) is 0 Å². The number of nitrogens with one attached hydrogen (secondary N) is 1. The van der Waals surface area contributed by atoms with Crippen LogP contribution in [0.5, 0.6) is 0 Å². The molecular weight excluding hydrogens is 362 g/mol. The molecule has 2 aromatic carbocycles. The second kappa shape index (κ2) is 10.2. The lowest BCUT2D eigenvalue weighted by Crippen LogP contribution is -2.29. The lowest BCUT2D eigenvalue weighted by molar-refractivity contribution is -0.147. The van der Waals surface area contributed by atoms with E-state index in [0.29, 0.717) is 11.1 Å². The first-order valence-corrected chi connectivity index (χ1v) is 8.93. The van der Waals surface area contributed by atoms with Crippen molar-refractivity contribution in [3.8, 4) is 0 Å². The van der Waals surface area contributed by atoms with Crippen molar-refractivity contribution < 1.29 is 29.7 Å². The van der Waals surface area contributed by atoms with E-state index in [1.165, 1.54) is 0 Å². The molecule has 1 aliphatic heterocycles. The molecule has 3 atom stereocenters. The van der Waals surface area contributed by atoms with E-state index in [2.05, 4.69) is 5.32 Å². The maximum Gasteiger partial charge on any atom is 0.320 e. The lowest BCUT2D eigenvalue weighted by atomic mass is 9.81. The minimum absolute atomic E-state index is 0.269. The first-order valence-electron chi connectivity index (χ1n) is 8.93. The van der Waals surface area contributed by atoms with Crippen LogP contribution in [-0.2, 0) is 14.4 Å². The van der Waals surface area contributed by atoms with Crippen LogP contribution in [0.25, 0.3) is 0 Å². The van der Waals surface area contributed by atoms with Crippen molar-refractivity contribution >= 4 is 17.9 Å². The number of rotatable bonds is 6. The van der Waals surface area contributed by atoms with Crippen LogP contribution in [0.1, 0.15) is 35.8 Å². The molecule has 2 aromatic rings. The molecule has 3 rings (SSSR count). The van der Waals surface area contributed by atoms with Gasteiger partial charge >= 0.3 is 17.9 Å². The number of aliphatic carboxylic acids is 3. The molecule has 1 fully saturated rings. The second-order valence-electron chi connectivity index (χ2n) is 6.44. The first-order chi connectivity index (χ1) is 13.4. The van der Waals surface area contributed by atoms with E-state index >= 15 is 0 Å². The van der Waals surface area contributed by atoms with E-state index in [9.17, 15) is 24.6 Å². The van der Waals surface area contributed by atoms with E-state index in [-0.39, 0.29) is 6.04 Å². The SMILES string of the molecule is O=C(O)[C@@H]1CCCN1.O=C(O)[C@H](c1ccccc1)[C@H](C(=O)O)c1ccccc1. The van der Waals surface area contributed by atoms with E-state index < -0.39 is 29.7 Å². The number of hydrogen-bond donors (Lipinski definition) is 4. The quantitative estimate of drug-likeness (QED) is 0.602. The number of carboxylic acid groups (broad SMARTS) is 3. The summed E-state index contributed by atoms with van der Waals surface area (Å²) in [4.78, 5) is 33.3. The van der Waals surface area contributed by atoms with Gasteiger partial charge in [-0.2, -0.15) is 0 Å². The Balaban J connectivity index is 0.000000292. The Bertz CT molecular complexity index is 732. The molecule has 1 saturated heterocycles. The van der Waals surface area contributed by atoms with Gasteiger partial charge in [-0.15, -0.1) is 0 Å². The van der Waals surface area contributed by atoms with E-state index in [0.717, 1.165) is 19.4 Å². The maximum absolute atomic E-state index is 11.6. The fourth-order valence-corrected chi connectivity index (χ4v) is 3.17. The summed E-state index contributed by atoms with van der Waals surface area (Å²) in [6.07, 6.45) is 1.78. The number of carboxylic acids is 3. The van der Waals surface area contributed by atoms with Gasteiger partial charge < -0.3 is 20.6 Å². The number of hydrogen-bond acceptors (Lipinski definition) is 4. The number of benzene rings is 2. The zero-order valence-electron chi connectivity index (χ0n) is 15.2. The van der Waals surface area contributed by atoms with Gasteiger partial charge in [0.1, 0.15) is 6.04 Å². The first kappa shape index (κ1) is 21.1. The van der Waals surface area contributed by atoms with Crippen LogP contribution in [0, 0.1) is 0 Å². The zero-order valence-corrected chi connectivity index (χ0v) is 15.2. The molecule has 1 heterocycles. The highest BCUT2D eigenvalue weighted by molar-refractivity contribution is 5.88. The van der Waals surface area contributed by atoms with Crippen molar-refractivity contribution in [3.63, 3.8) is 0 Å². The van der Waals surface area contributed by atoms with E-state index in [1.807, 2.05) is 0 Å². The molecule has 0 amide bonds. The van der Waals surface area contributed by atoms with Crippen LogP contribution in [0.15, 0.2) is 60.7 Å². The molecule has 0 saturated carbocycles. The molecule has 7 heteroatoms. The maximum atomic E-state index is 11.6. The summed E-state index contributed by atoms with van der Waals surface area (Å²) in [6.45, 7) is 0.858. The van der Waals surface area contributed by atoms with Crippen LogP contribution >= 0.6 is 0 Å². The topological polar surface area (TPSA) is 124 Å². The Morgan fingerprint density at radius 3 is 1.46 bits per heavy atom. The predicted octanol–water partition coefficient (Wildman–Crippen LogP) is 2.55. The second-order valence-corrected chi connectivity index (χ2v) is 6.44. The largest absolute Gasteiger partial charge is 0.481 e. The van der Waals surface area contributed by atoms with Gasteiger partial charge in [-0.1, -0.05) is 60.7 Å². The Kier molecular flexibility index (Phi) is 7.71. The average Bonchev–Trinajstić information content (AvgIpc) is 3.22. The molecule has 148 valence electrons. The minimum atomic E-state index is -1.15. The van der Waals surface area contributed by atoms with Gasteiger partial charge in [-0.3, -0.25) is 14.4 Å². The fraction of sp³-hybridized carbons (Fsp3) is 0.286. The highest BCUT2D eigenvalue weighted by atomic mass is 16.4. The molecule has 4 N–H and O–H groups in total. The van der Waals surface area contributed by atoms with Crippen molar-refractivity contribution in [2.45, 2.75) is 30.7 Å². The van der Waals surface area contributed by atoms with Gasteiger partial charge in [0.05, 0.1) is 11.8 Å². The summed E-state index contributed by atoms with van der Waals surface area (Å²) in [7, 11) is 0. The molecule has 0 radical (unpaired) electrons. The van der Waals surface area contributed by atoms with Crippen LogP contribution in [-0.4, -0.2) is 45.8 Å². The predicted molar refractivity (Wildman–Crippen MR) is 102 cm³/mol. The van der Waals surface area contributed by atoms with Crippen LogP contribution in [0.3, 0.4) is 0 Å². The fourth-order valence-electron chi connectivity index (χ4n) is 3.17. The van der Waals surface area contributed by atoms with Crippen molar-refractivity contribution in [1.29, 1.82) is 0 Å². The molecule has 0 unspecified atom stereocenters. The summed E-state index contributed by atoms with van der Waals surface area (Å²) in [5, 5.41) is 30.1. The van der Waals surface area contributed by atoms with Gasteiger partial charge in [0.25, 0.3) is 0 Å². The van der Waals surface area contributed by atoms with Gasteiger partial charge in [0.2, 0.25) is 0 Å². The van der Waals surface area contributed by atoms with Crippen molar-refractivity contribution in [2.75, 3.05) is 6.54 Å². The van der Waals surface area contributed by atoms with Crippen molar-refractivity contribution in [2.24, 2.45) is 0 Å². The van der Waals surface area contributed by atoms with Crippen LogP contribution in [0.4, 0.5) is 0 Å². The molecule has 1 aliphatic rings. The third-order valence-corrected chi connectivity index (χ3v) is 4.54. The molecule has 0 aliphatic carbocycles. The van der Waals surface area contributed by atoms with Crippen LogP contribution in [0.2, 0.25) is 0 Å². The normalized spacial score (nSPS) is 17.6. The van der Waals surface area contributed by atoms with Gasteiger partial charge in [-0.05, 0) is 30.5 Å². The Hall–Kier alpha value is -3.19. The molecule has 0 aromatic heterocycles.